The first-order chi connectivity index (χ1) is 10.3. The van der Waals surface area contributed by atoms with Crippen LogP contribution in [-0.4, -0.2) is 32.4 Å². The average molecular weight is 300 g/mol. The molecule has 0 spiro atoms. The number of hydrogen-bond donors (Lipinski definition) is 0. The van der Waals surface area contributed by atoms with Gasteiger partial charge in [0.25, 0.3) is 0 Å². The molecule has 4 rings (SSSR count). The molecule has 0 saturated carbocycles. The van der Waals surface area contributed by atoms with Gasteiger partial charge in [-0.15, -0.1) is 10.2 Å². The van der Waals surface area contributed by atoms with Crippen LogP contribution >= 0.6 is 11.8 Å². The first-order valence-electron chi connectivity index (χ1n) is 6.60. The van der Waals surface area contributed by atoms with Gasteiger partial charge in [0, 0.05) is 5.56 Å². The van der Waals surface area contributed by atoms with E-state index in [1.54, 1.807) is 16.3 Å². The van der Waals surface area contributed by atoms with Gasteiger partial charge in [-0.2, -0.15) is 9.61 Å². The average Bonchev–Trinajstić information content (AvgIpc) is 3.13. The zero-order valence-electron chi connectivity index (χ0n) is 11.3. The Morgan fingerprint density at radius 1 is 1.14 bits per heavy atom. The largest absolute Gasteiger partial charge is 0.454 e. The molecule has 0 amide bonds. The summed E-state index contributed by atoms with van der Waals surface area (Å²) in [5.41, 5.74) is 2.57. The zero-order chi connectivity index (χ0) is 14.2. The minimum atomic E-state index is 0.272. The van der Waals surface area contributed by atoms with E-state index in [4.69, 9.17) is 9.47 Å². The number of fused-ring (bicyclic) bond motifs is 2. The third-order valence-corrected chi connectivity index (χ3v) is 3.98. The predicted molar refractivity (Wildman–Crippen MR) is 78.7 cm³/mol. The Hall–Kier alpha value is -2.28. The number of ether oxygens (including phenoxy) is 2. The summed E-state index contributed by atoms with van der Waals surface area (Å²) in [4.78, 5) is 0. The lowest BCUT2D eigenvalue weighted by molar-refractivity contribution is 0.174. The lowest BCUT2D eigenvalue weighted by Crippen LogP contribution is -1.96. The summed E-state index contributed by atoms with van der Waals surface area (Å²) in [6.45, 7) is 2.35. The number of thioether (sulfide) groups is 1. The summed E-state index contributed by atoms with van der Waals surface area (Å²) in [6.07, 6.45) is 0. The van der Waals surface area contributed by atoms with E-state index in [-0.39, 0.29) is 6.79 Å². The fourth-order valence-electron chi connectivity index (χ4n) is 2.20. The predicted octanol–water partition coefficient (Wildman–Crippen LogP) is 2.63. The minimum Gasteiger partial charge on any atom is -0.454 e. The molecule has 0 bridgehead atoms. The van der Waals surface area contributed by atoms with E-state index in [1.165, 1.54) is 0 Å². The molecule has 0 saturated heterocycles. The standard InChI is InChI=1S/C14H12N4O2S/c1-2-21-14-16-15-13-6-4-10(17-18(13)14)9-3-5-11-12(7-9)20-8-19-11/h3-7H,2,8H2,1H3. The van der Waals surface area contributed by atoms with Gasteiger partial charge in [0.2, 0.25) is 11.9 Å². The molecule has 6 nitrogen and oxygen atoms in total. The Labute approximate surface area is 125 Å². The van der Waals surface area contributed by atoms with Gasteiger partial charge in [0.15, 0.2) is 17.1 Å². The highest BCUT2D eigenvalue weighted by Gasteiger charge is 2.15. The molecule has 0 aliphatic carbocycles. The highest BCUT2D eigenvalue weighted by atomic mass is 32.2. The van der Waals surface area contributed by atoms with Crippen LogP contribution in [0.2, 0.25) is 0 Å². The molecule has 2 aromatic heterocycles. The van der Waals surface area contributed by atoms with Crippen molar-refractivity contribution in [3.8, 4) is 22.8 Å². The van der Waals surface area contributed by atoms with E-state index < -0.39 is 0 Å². The summed E-state index contributed by atoms with van der Waals surface area (Å²) in [7, 11) is 0. The molecule has 21 heavy (non-hydrogen) atoms. The Morgan fingerprint density at radius 3 is 2.95 bits per heavy atom. The van der Waals surface area contributed by atoms with E-state index in [9.17, 15) is 0 Å². The van der Waals surface area contributed by atoms with Gasteiger partial charge in [-0.25, -0.2) is 0 Å². The molecule has 0 radical (unpaired) electrons. The van der Waals surface area contributed by atoms with Crippen molar-refractivity contribution in [2.24, 2.45) is 0 Å². The number of rotatable bonds is 3. The summed E-state index contributed by atoms with van der Waals surface area (Å²) in [5, 5.41) is 13.7. The summed E-state index contributed by atoms with van der Waals surface area (Å²) in [6, 6.07) is 9.66. The van der Waals surface area contributed by atoms with Crippen molar-refractivity contribution in [1.82, 2.24) is 19.8 Å². The monoisotopic (exact) mass is 300 g/mol. The molecule has 0 atom stereocenters. The first-order valence-corrected chi connectivity index (χ1v) is 7.59. The molecule has 3 heterocycles. The second kappa shape index (κ2) is 4.92. The molecule has 106 valence electrons. The van der Waals surface area contributed by atoms with Crippen LogP contribution in [0.15, 0.2) is 35.5 Å². The maximum atomic E-state index is 5.41. The zero-order valence-corrected chi connectivity index (χ0v) is 12.1. The summed E-state index contributed by atoms with van der Waals surface area (Å²) < 4.78 is 12.5. The molecular formula is C14H12N4O2S. The van der Waals surface area contributed by atoms with Gasteiger partial charge in [-0.3, -0.25) is 0 Å². The van der Waals surface area contributed by atoms with E-state index in [2.05, 4.69) is 22.2 Å². The first kappa shape index (κ1) is 12.5. The quantitative estimate of drug-likeness (QED) is 0.693. The van der Waals surface area contributed by atoms with Crippen molar-refractivity contribution in [2.45, 2.75) is 12.1 Å². The van der Waals surface area contributed by atoms with E-state index in [1.807, 2.05) is 30.3 Å². The number of aromatic nitrogens is 4. The third-order valence-electron chi connectivity index (χ3n) is 3.18. The third kappa shape index (κ3) is 2.09. The van der Waals surface area contributed by atoms with E-state index in [0.29, 0.717) is 0 Å². The van der Waals surface area contributed by atoms with Gasteiger partial charge < -0.3 is 9.47 Å². The molecule has 7 heteroatoms. The van der Waals surface area contributed by atoms with Gasteiger partial charge in [-0.05, 0) is 36.1 Å². The van der Waals surface area contributed by atoms with Gasteiger partial charge in [0.05, 0.1) is 5.69 Å². The molecule has 0 unspecified atom stereocenters. The molecule has 0 fully saturated rings. The highest BCUT2D eigenvalue weighted by Crippen LogP contribution is 2.35. The minimum absolute atomic E-state index is 0.272. The molecule has 1 aliphatic rings. The molecule has 3 aromatic rings. The Bertz CT molecular complexity index is 818. The van der Waals surface area contributed by atoms with Crippen LogP contribution in [0, 0.1) is 0 Å². The SMILES string of the molecule is CCSc1nnc2ccc(-c3ccc4c(c3)OCO4)nn12. The number of hydrogen-bond acceptors (Lipinski definition) is 6. The summed E-state index contributed by atoms with van der Waals surface area (Å²) >= 11 is 1.62. The van der Waals surface area contributed by atoms with E-state index in [0.717, 1.165) is 39.3 Å². The maximum absolute atomic E-state index is 5.41. The van der Waals surface area contributed by atoms with Crippen LogP contribution in [0.1, 0.15) is 6.92 Å². The van der Waals surface area contributed by atoms with Crippen LogP contribution < -0.4 is 9.47 Å². The molecule has 0 N–H and O–H groups in total. The van der Waals surface area contributed by atoms with Crippen molar-refractivity contribution < 1.29 is 9.47 Å². The van der Waals surface area contributed by atoms with Gasteiger partial charge in [-0.1, -0.05) is 18.7 Å². The van der Waals surface area contributed by atoms with Crippen molar-refractivity contribution in [3.63, 3.8) is 0 Å². The van der Waals surface area contributed by atoms with Crippen LogP contribution in [0.5, 0.6) is 11.5 Å². The molecular weight excluding hydrogens is 288 g/mol. The lowest BCUT2D eigenvalue weighted by Gasteiger charge is -2.04. The van der Waals surface area contributed by atoms with E-state index >= 15 is 0 Å². The van der Waals surface area contributed by atoms with Gasteiger partial charge in [0.1, 0.15) is 0 Å². The van der Waals surface area contributed by atoms with Gasteiger partial charge >= 0.3 is 0 Å². The van der Waals surface area contributed by atoms with Crippen molar-refractivity contribution >= 4 is 17.4 Å². The van der Waals surface area contributed by atoms with Crippen LogP contribution in [0.4, 0.5) is 0 Å². The van der Waals surface area contributed by atoms with Crippen molar-refractivity contribution in [1.29, 1.82) is 0 Å². The molecule has 1 aliphatic heterocycles. The lowest BCUT2D eigenvalue weighted by atomic mass is 10.1. The Balaban J connectivity index is 1.81. The summed E-state index contributed by atoms with van der Waals surface area (Å²) in [5.74, 6) is 2.45. The Morgan fingerprint density at radius 2 is 2.05 bits per heavy atom. The number of benzene rings is 1. The van der Waals surface area contributed by atoms with Crippen LogP contribution in [-0.2, 0) is 0 Å². The number of nitrogens with zero attached hydrogens (tertiary/aromatic N) is 4. The van der Waals surface area contributed by atoms with Crippen molar-refractivity contribution in [2.75, 3.05) is 12.5 Å². The molecule has 1 aromatic carbocycles. The fraction of sp³-hybridized carbons (Fsp3) is 0.214. The fourth-order valence-corrected chi connectivity index (χ4v) is 2.81. The maximum Gasteiger partial charge on any atom is 0.231 e. The van der Waals surface area contributed by atoms with Crippen LogP contribution in [0.3, 0.4) is 0 Å². The topological polar surface area (TPSA) is 61.5 Å². The van der Waals surface area contributed by atoms with Crippen LogP contribution in [0.25, 0.3) is 16.9 Å². The Kier molecular flexibility index (Phi) is 2.92. The highest BCUT2D eigenvalue weighted by molar-refractivity contribution is 7.99. The normalized spacial score (nSPS) is 13.0. The second-order valence-electron chi connectivity index (χ2n) is 4.47. The smallest absolute Gasteiger partial charge is 0.231 e. The van der Waals surface area contributed by atoms with Crippen molar-refractivity contribution in [3.05, 3.63) is 30.3 Å². The second-order valence-corrected chi connectivity index (χ2v) is 5.70.